The first-order valence-corrected chi connectivity index (χ1v) is 5.15. The number of aromatic nitrogens is 1. The molecule has 72 valence electrons. The Morgan fingerprint density at radius 1 is 1.43 bits per heavy atom. The van der Waals surface area contributed by atoms with Crippen molar-refractivity contribution in [2.24, 2.45) is 0 Å². The van der Waals surface area contributed by atoms with Crippen LogP contribution in [0.1, 0.15) is 11.1 Å². The van der Waals surface area contributed by atoms with Crippen molar-refractivity contribution in [2.75, 3.05) is 5.88 Å². The van der Waals surface area contributed by atoms with Crippen molar-refractivity contribution in [3.63, 3.8) is 0 Å². The summed E-state index contributed by atoms with van der Waals surface area (Å²) in [5, 5.41) is 1.25. The average molecular weight is 206 g/mol. The second-order valence-electron chi connectivity index (χ2n) is 3.35. The monoisotopic (exact) mass is 205 g/mol. The predicted octanol–water partition coefficient (Wildman–Crippen LogP) is 3.73. The van der Waals surface area contributed by atoms with Crippen molar-refractivity contribution in [1.29, 1.82) is 0 Å². The van der Waals surface area contributed by atoms with Crippen molar-refractivity contribution in [3.05, 3.63) is 41.6 Å². The Hall–Kier alpha value is -1.21. The van der Waals surface area contributed by atoms with Gasteiger partial charge in [-0.25, -0.2) is 0 Å². The summed E-state index contributed by atoms with van der Waals surface area (Å²) >= 11 is 5.60. The number of halogens is 1. The van der Waals surface area contributed by atoms with E-state index in [-0.39, 0.29) is 0 Å². The highest BCUT2D eigenvalue weighted by atomic mass is 35.5. The highest BCUT2D eigenvalue weighted by Gasteiger charge is 1.99. The number of hydrogen-bond donors (Lipinski definition) is 1. The van der Waals surface area contributed by atoms with Crippen molar-refractivity contribution < 1.29 is 0 Å². The molecule has 0 aliphatic carbocycles. The second-order valence-corrected chi connectivity index (χ2v) is 3.66. The molecule has 1 aromatic carbocycles. The van der Waals surface area contributed by atoms with Gasteiger partial charge in [-0.1, -0.05) is 24.3 Å². The van der Waals surface area contributed by atoms with Gasteiger partial charge in [-0.15, -0.1) is 11.6 Å². The summed E-state index contributed by atoms with van der Waals surface area (Å²) in [5.74, 6) is 0.554. The van der Waals surface area contributed by atoms with Crippen LogP contribution in [0.15, 0.2) is 30.5 Å². The quantitative estimate of drug-likeness (QED) is 0.720. The van der Waals surface area contributed by atoms with E-state index in [9.17, 15) is 0 Å². The van der Waals surface area contributed by atoms with Crippen molar-refractivity contribution in [3.8, 4) is 0 Å². The van der Waals surface area contributed by atoms with E-state index in [1.165, 1.54) is 22.0 Å². The maximum atomic E-state index is 5.60. The summed E-state index contributed by atoms with van der Waals surface area (Å²) < 4.78 is 0. The van der Waals surface area contributed by atoms with E-state index >= 15 is 0 Å². The Morgan fingerprint density at radius 3 is 3.07 bits per heavy atom. The third-order valence-electron chi connectivity index (χ3n) is 2.26. The van der Waals surface area contributed by atoms with E-state index in [4.69, 9.17) is 11.6 Å². The van der Waals surface area contributed by atoms with Crippen LogP contribution < -0.4 is 0 Å². The van der Waals surface area contributed by atoms with E-state index in [0.29, 0.717) is 5.88 Å². The molecule has 0 bridgehead atoms. The number of benzene rings is 1. The highest BCUT2D eigenvalue weighted by molar-refractivity contribution is 6.19. The molecule has 2 heteroatoms. The lowest BCUT2D eigenvalue weighted by molar-refractivity contribution is 1.44. The van der Waals surface area contributed by atoms with E-state index in [2.05, 4.69) is 30.1 Å². The molecule has 1 N–H and O–H groups in total. The van der Waals surface area contributed by atoms with Gasteiger partial charge in [0, 0.05) is 23.0 Å². The number of hydrogen-bond acceptors (Lipinski definition) is 0. The summed E-state index contributed by atoms with van der Waals surface area (Å²) in [6.45, 7) is 2.09. The van der Waals surface area contributed by atoms with Gasteiger partial charge in [-0.3, -0.25) is 0 Å². The predicted molar refractivity (Wildman–Crippen MR) is 62.8 cm³/mol. The number of aromatic amines is 1. The molecule has 0 atom stereocenters. The highest BCUT2D eigenvalue weighted by Crippen LogP contribution is 2.20. The molecule has 0 aliphatic rings. The Morgan fingerprint density at radius 2 is 2.29 bits per heavy atom. The van der Waals surface area contributed by atoms with Gasteiger partial charge < -0.3 is 4.98 Å². The van der Waals surface area contributed by atoms with Crippen molar-refractivity contribution in [1.82, 2.24) is 4.98 Å². The van der Waals surface area contributed by atoms with Crippen molar-refractivity contribution in [2.45, 2.75) is 6.92 Å². The Bertz CT molecular complexity index is 468. The molecule has 1 nitrogen and oxygen atoms in total. The molecule has 0 spiro atoms. The Labute approximate surface area is 88.4 Å². The average Bonchev–Trinajstić information content (AvgIpc) is 2.57. The fraction of sp³-hybridized carbons (Fsp3) is 0.167. The number of alkyl halides is 1. The molecule has 2 aromatic rings. The standard InChI is InChI=1S/C12H12ClN/c1-9-4-5-11-10(3-2-6-13)8-14-12(11)7-9/h2-5,7-8,14H,6H2,1H3. The minimum atomic E-state index is 0.554. The number of rotatable bonds is 2. The molecule has 14 heavy (non-hydrogen) atoms. The van der Waals surface area contributed by atoms with Crippen molar-refractivity contribution >= 4 is 28.6 Å². The lowest BCUT2D eigenvalue weighted by Crippen LogP contribution is -1.72. The fourth-order valence-corrected chi connectivity index (χ4v) is 1.66. The minimum Gasteiger partial charge on any atom is -0.361 e. The minimum absolute atomic E-state index is 0.554. The first-order chi connectivity index (χ1) is 6.81. The molecule has 0 fully saturated rings. The van der Waals surface area contributed by atoms with Crippen LogP contribution in [0, 0.1) is 6.92 Å². The van der Waals surface area contributed by atoms with Crippen LogP contribution in [0.4, 0.5) is 0 Å². The number of aryl methyl sites for hydroxylation is 1. The maximum Gasteiger partial charge on any atom is 0.0462 e. The van der Waals surface area contributed by atoms with Crippen LogP contribution in [0.25, 0.3) is 17.0 Å². The first-order valence-electron chi connectivity index (χ1n) is 4.61. The molecular formula is C12H12ClN. The van der Waals surface area contributed by atoms with Gasteiger partial charge in [0.15, 0.2) is 0 Å². The lowest BCUT2D eigenvalue weighted by Gasteiger charge is -1.93. The maximum absolute atomic E-state index is 5.60. The molecule has 0 unspecified atom stereocenters. The fourth-order valence-electron chi connectivity index (χ4n) is 1.57. The SMILES string of the molecule is Cc1ccc2c(C=CCCl)c[nH]c2c1. The molecule has 0 amide bonds. The van der Waals surface area contributed by atoms with Crippen LogP contribution in [-0.4, -0.2) is 10.9 Å². The molecule has 0 aliphatic heterocycles. The molecule has 0 radical (unpaired) electrons. The number of allylic oxidation sites excluding steroid dienone is 1. The zero-order valence-electron chi connectivity index (χ0n) is 8.05. The zero-order valence-corrected chi connectivity index (χ0v) is 8.81. The van der Waals surface area contributed by atoms with E-state index < -0.39 is 0 Å². The van der Waals surface area contributed by atoms with E-state index in [1.807, 2.05) is 18.3 Å². The summed E-state index contributed by atoms with van der Waals surface area (Å²) in [4.78, 5) is 3.24. The molecule has 0 saturated carbocycles. The summed E-state index contributed by atoms with van der Waals surface area (Å²) in [7, 11) is 0. The van der Waals surface area contributed by atoms with Gasteiger partial charge in [0.2, 0.25) is 0 Å². The number of H-pyrrole nitrogens is 1. The molecule has 1 aromatic heterocycles. The third kappa shape index (κ3) is 1.68. The lowest BCUT2D eigenvalue weighted by atomic mass is 10.1. The van der Waals surface area contributed by atoms with Gasteiger partial charge in [-0.2, -0.15) is 0 Å². The number of fused-ring (bicyclic) bond motifs is 1. The number of nitrogens with one attached hydrogen (secondary N) is 1. The summed E-state index contributed by atoms with van der Waals surface area (Å²) in [5.41, 5.74) is 3.65. The van der Waals surface area contributed by atoms with Gasteiger partial charge in [-0.05, 0) is 24.1 Å². The van der Waals surface area contributed by atoms with Crippen LogP contribution in [0.5, 0.6) is 0 Å². The Kier molecular flexibility index (Phi) is 2.60. The van der Waals surface area contributed by atoms with Gasteiger partial charge >= 0.3 is 0 Å². The van der Waals surface area contributed by atoms with Gasteiger partial charge in [0.05, 0.1) is 0 Å². The van der Waals surface area contributed by atoms with Crippen LogP contribution in [0.3, 0.4) is 0 Å². The largest absolute Gasteiger partial charge is 0.361 e. The third-order valence-corrected chi connectivity index (χ3v) is 2.43. The van der Waals surface area contributed by atoms with Crippen LogP contribution in [0.2, 0.25) is 0 Å². The molecule has 0 saturated heterocycles. The first kappa shape index (κ1) is 9.35. The summed E-state index contributed by atoms with van der Waals surface area (Å²) in [6.07, 6.45) is 6.00. The second kappa shape index (κ2) is 3.89. The van der Waals surface area contributed by atoms with Crippen LogP contribution >= 0.6 is 11.6 Å². The Balaban J connectivity index is 2.53. The topological polar surface area (TPSA) is 15.8 Å². The van der Waals surface area contributed by atoms with E-state index in [1.54, 1.807) is 0 Å². The zero-order chi connectivity index (χ0) is 9.97. The van der Waals surface area contributed by atoms with Crippen LogP contribution in [-0.2, 0) is 0 Å². The van der Waals surface area contributed by atoms with Gasteiger partial charge in [0.25, 0.3) is 0 Å². The van der Waals surface area contributed by atoms with E-state index in [0.717, 1.165) is 0 Å². The molecule has 1 heterocycles. The molecular weight excluding hydrogens is 194 g/mol. The molecule has 2 rings (SSSR count). The van der Waals surface area contributed by atoms with Gasteiger partial charge in [0.1, 0.15) is 0 Å². The smallest absolute Gasteiger partial charge is 0.0462 e. The summed E-state index contributed by atoms with van der Waals surface area (Å²) in [6, 6.07) is 6.40. The normalized spacial score (nSPS) is 11.6.